The van der Waals surface area contributed by atoms with Crippen LogP contribution in [0, 0.1) is 5.41 Å². The van der Waals surface area contributed by atoms with E-state index in [1.54, 1.807) is 0 Å². The molecule has 1 aliphatic carbocycles. The van der Waals surface area contributed by atoms with Gasteiger partial charge in [0.1, 0.15) is 12.7 Å². The van der Waals surface area contributed by atoms with Crippen molar-refractivity contribution in [3.05, 3.63) is 24.3 Å². The Hall–Kier alpha value is -1.22. The van der Waals surface area contributed by atoms with Gasteiger partial charge in [0.15, 0.2) is 11.5 Å². The molecule has 0 saturated heterocycles. The Labute approximate surface area is 102 Å². The Bertz CT molecular complexity index is 438. The van der Waals surface area contributed by atoms with Crippen LogP contribution in [0.3, 0.4) is 0 Å². The fourth-order valence-corrected chi connectivity index (χ4v) is 2.47. The van der Waals surface area contributed by atoms with Gasteiger partial charge in [0.05, 0.1) is 0 Å². The molecule has 1 aliphatic heterocycles. The van der Waals surface area contributed by atoms with E-state index in [-0.39, 0.29) is 17.1 Å². The molecule has 92 valence electrons. The van der Waals surface area contributed by atoms with E-state index in [4.69, 9.17) is 15.2 Å². The fraction of sp³-hybridized carbons (Fsp3) is 0.571. The molecule has 0 bridgehead atoms. The van der Waals surface area contributed by atoms with Crippen LogP contribution < -0.4 is 15.2 Å². The fourth-order valence-electron chi connectivity index (χ4n) is 2.47. The Morgan fingerprint density at radius 3 is 2.53 bits per heavy atom. The summed E-state index contributed by atoms with van der Waals surface area (Å²) in [5.74, 6) is 1.67. The molecule has 1 saturated carbocycles. The van der Waals surface area contributed by atoms with Crippen LogP contribution in [-0.2, 0) is 0 Å². The molecule has 1 heterocycles. The Morgan fingerprint density at radius 2 is 1.88 bits per heavy atom. The number of fused-ring (bicyclic) bond motifs is 1. The molecular weight excluding hydrogens is 214 g/mol. The van der Waals surface area contributed by atoms with Gasteiger partial charge in [-0.3, -0.25) is 0 Å². The van der Waals surface area contributed by atoms with Crippen LogP contribution in [0.25, 0.3) is 0 Å². The molecular formula is C14H19NO2. The molecule has 2 aliphatic rings. The zero-order valence-electron chi connectivity index (χ0n) is 10.4. The standard InChI is InChI=1S/C14H19NO2/c1-13(2,14(15)7-8-14)12-9-16-10-5-3-4-6-11(10)17-12/h3-6,12H,7-9,15H2,1-2H3. The number of nitrogens with two attached hydrogens (primary N) is 1. The molecule has 1 fully saturated rings. The number of para-hydroxylation sites is 2. The molecule has 1 atom stereocenters. The predicted molar refractivity (Wildman–Crippen MR) is 66.3 cm³/mol. The minimum absolute atomic E-state index is 0.0323. The molecule has 3 nitrogen and oxygen atoms in total. The normalized spacial score (nSPS) is 25.5. The maximum atomic E-state index is 6.34. The molecule has 1 aromatic rings. The topological polar surface area (TPSA) is 44.5 Å². The van der Waals surface area contributed by atoms with Gasteiger partial charge in [-0.05, 0) is 25.0 Å². The van der Waals surface area contributed by atoms with Gasteiger partial charge in [0.2, 0.25) is 0 Å². The van der Waals surface area contributed by atoms with Crippen molar-refractivity contribution in [2.24, 2.45) is 11.1 Å². The Kier molecular flexibility index (Phi) is 2.17. The highest BCUT2D eigenvalue weighted by Gasteiger charge is 2.56. The zero-order valence-corrected chi connectivity index (χ0v) is 10.4. The first kappa shape index (κ1) is 10.9. The van der Waals surface area contributed by atoms with Crippen LogP contribution in [-0.4, -0.2) is 18.2 Å². The van der Waals surface area contributed by atoms with E-state index >= 15 is 0 Å². The van der Waals surface area contributed by atoms with Crippen molar-refractivity contribution in [1.29, 1.82) is 0 Å². The lowest BCUT2D eigenvalue weighted by molar-refractivity contribution is -0.0113. The largest absolute Gasteiger partial charge is 0.486 e. The van der Waals surface area contributed by atoms with Crippen LogP contribution in [0.4, 0.5) is 0 Å². The quantitative estimate of drug-likeness (QED) is 0.852. The van der Waals surface area contributed by atoms with Crippen molar-refractivity contribution in [2.75, 3.05) is 6.61 Å². The molecule has 3 heteroatoms. The van der Waals surface area contributed by atoms with Gasteiger partial charge < -0.3 is 15.2 Å². The zero-order chi connectivity index (χ0) is 12.1. The molecule has 1 aromatic carbocycles. The molecule has 0 radical (unpaired) electrons. The summed E-state index contributed by atoms with van der Waals surface area (Å²) in [5.41, 5.74) is 6.21. The van der Waals surface area contributed by atoms with E-state index in [1.165, 1.54) is 0 Å². The highest BCUT2D eigenvalue weighted by atomic mass is 16.6. The summed E-state index contributed by atoms with van der Waals surface area (Å²) in [6.45, 7) is 4.95. The van der Waals surface area contributed by atoms with Crippen molar-refractivity contribution < 1.29 is 9.47 Å². The van der Waals surface area contributed by atoms with E-state index in [0.717, 1.165) is 24.3 Å². The monoisotopic (exact) mass is 233 g/mol. The third-order valence-electron chi connectivity index (χ3n) is 4.39. The van der Waals surface area contributed by atoms with Crippen molar-refractivity contribution in [3.63, 3.8) is 0 Å². The summed E-state index contributed by atoms with van der Waals surface area (Å²) in [6.07, 6.45) is 2.20. The molecule has 3 rings (SSSR count). The summed E-state index contributed by atoms with van der Waals surface area (Å²) in [5, 5.41) is 0. The van der Waals surface area contributed by atoms with Crippen molar-refractivity contribution >= 4 is 0 Å². The minimum atomic E-state index is -0.0761. The maximum Gasteiger partial charge on any atom is 0.161 e. The molecule has 0 spiro atoms. The highest BCUT2D eigenvalue weighted by Crippen LogP contribution is 2.51. The van der Waals surface area contributed by atoms with Gasteiger partial charge in [-0.1, -0.05) is 26.0 Å². The van der Waals surface area contributed by atoms with Crippen LogP contribution in [0.15, 0.2) is 24.3 Å². The van der Waals surface area contributed by atoms with Crippen molar-refractivity contribution in [1.82, 2.24) is 0 Å². The van der Waals surface area contributed by atoms with Gasteiger partial charge in [0.25, 0.3) is 0 Å². The lowest BCUT2D eigenvalue weighted by Gasteiger charge is -2.41. The third-order valence-corrected chi connectivity index (χ3v) is 4.39. The van der Waals surface area contributed by atoms with Gasteiger partial charge >= 0.3 is 0 Å². The number of ether oxygens (including phenoxy) is 2. The van der Waals surface area contributed by atoms with Crippen LogP contribution in [0.2, 0.25) is 0 Å². The van der Waals surface area contributed by atoms with E-state index in [1.807, 2.05) is 24.3 Å². The van der Waals surface area contributed by atoms with Crippen LogP contribution in [0.1, 0.15) is 26.7 Å². The summed E-state index contributed by atoms with van der Waals surface area (Å²) >= 11 is 0. The smallest absolute Gasteiger partial charge is 0.161 e. The molecule has 2 N–H and O–H groups in total. The predicted octanol–water partition coefficient (Wildman–Crippen LogP) is 2.34. The van der Waals surface area contributed by atoms with Crippen molar-refractivity contribution in [3.8, 4) is 11.5 Å². The van der Waals surface area contributed by atoms with Crippen molar-refractivity contribution in [2.45, 2.75) is 38.3 Å². The van der Waals surface area contributed by atoms with E-state index in [2.05, 4.69) is 13.8 Å². The van der Waals surface area contributed by atoms with E-state index in [9.17, 15) is 0 Å². The van der Waals surface area contributed by atoms with E-state index < -0.39 is 0 Å². The van der Waals surface area contributed by atoms with Crippen LogP contribution in [0.5, 0.6) is 11.5 Å². The van der Waals surface area contributed by atoms with Gasteiger partial charge in [-0.25, -0.2) is 0 Å². The molecule has 0 aromatic heterocycles. The Balaban J connectivity index is 1.84. The summed E-state index contributed by atoms with van der Waals surface area (Å²) in [6, 6.07) is 7.81. The number of rotatable bonds is 2. The minimum Gasteiger partial charge on any atom is -0.486 e. The lowest BCUT2D eigenvalue weighted by atomic mass is 9.77. The summed E-state index contributed by atoms with van der Waals surface area (Å²) < 4.78 is 11.8. The average molecular weight is 233 g/mol. The number of hydrogen-bond donors (Lipinski definition) is 1. The third kappa shape index (κ3) is 1.61. The first-order valence-corrected chi connectivity index (χ1v) is 6.20. The van der Waals surface area contributed by atoms with E-state index in [0.29, 0.717) is 6.61 Å². The first-order valence-electron chi connectivity index (χ1n) is 6.20. The molecule has 0 amide bonds. The van der Waals surface area contributed by atoms with Gasteiger partial charge in [-0.2, -0.15) is 0 Å². The van der Waals surface area contributed by atoms with Gasteiger partial charge in [0, 0.05) is 11.0 Å². The SMILES string of the molecule is CC(C)(C1COc2ccccc2O1)C1(N)CC1. The second-order valence-electron chi connectivity index (χ2n) is 5.74. The average Bonchev–Trinajstić information content (AvgIpc) is 3.08. The molecule has 17 heavy (non-hydrogen) atoms. The lowest BCUT2D eigenvalue weighted by Crippen LogP contribution is -2.53. The summed E-state index contributed by atoms with van der Waals surface area (Å²) in [4.78, 5) is 0. The maximum absolute atomic E-state index is 6.34. The first-order chi connectivity index (χ1) is 8.03. The van der Waals surface area contributed by atoms with Gasteiger partial charge in [-0.15, -0.1) is 0 Å². The second-order valence-corrected chi connectivity index (χ2v) is 5.74. The molecule has 1 unspecified atom stereocenters. The van der Waals surface area contributed by atoms with Crippen LogP contribution >= 0.6 is 0 Å². The summed E-state index contributed by atoms with van der Waals surface area (Å²) in [7, 11) is 0. The second kappa shape index (κ2) is 3.39. The highest BCUT2D eigenvalue weighted by molar-refractivity contribution is 5.41. The Morgan fingerprint density at radius 1 is 1.24 bits per heavy atom. The number of hydrogen-bond acceptors (Lipinski definition) is 3. The number of benzene rings is 1.